The Morgan fingerprint density at radius 3 is 2.50 bits per heavy atom. The summed E-state index contributed by atoms with van der Waals surface area (Å²) in [6, 6.07) is 2.62. The third kappa shape index (κ3) is 4.52. The quantitative estimate of drug-likeness (QED) is 0.874. The van der Waals surface area contributed by atoms with Crippen molar-refractivity contribution < 1.29 is 27.9 Å². The number of nitrogens with one attached hydrogen (secondary N) is 1. The number of alkyl halides is 3. The number of carbonyl (C=O) groups excluding carboxylic acids is 1. The average Bonchev–Trinajstić information content (AvgIpc) is 2.29. The van der Waals surface area contributed by atoms with Crippen LogP contribution in [0.25, 0.3) is 0 Å². The average molecular weight is 354 g/mol. The van der Waals surface area contributed by atoms with Crippen molar-refractivity contribution in [3.63, 3.8) is 0 Å². The zero-order valence-electron chi connectivity index (χ0n) is 10.3. The molecular weight excluding hydrogens is 343 g/mol. The summed E-state index contributed by atoms with van der Waals surface area (Å²) in [7, 11) is 0. The lowest BCUT2D eigenvalue weighted by Gasteiger charge is -2.17. The van der Waals surface area contributed by atoms with Crippen molar-refractivity contribution in [1.82, 2.24) is 5.32 Å². The Morgan fingerprint density at radius 2 is 2.00 bits per heavy atom. The first-order valence-corrected chi connectivity index (χ1v) is 6.26. The van der Waals surface area contributed by atoms with E-state index in [1.165, 1.54) is 6.07 Å². The van der Waals surface area contributed by atoms with E-state index in [4.69, 9.17) is 5.11 Å². The van der Waals surface area contributed by atoms with Gasteiger partial charge in [-0.25, -0.2) is 4.79 Å². The lowest BCUT2D eigenvalue weighted by Crippen LogP contribution is -2.43. The van der Waals surface area contributed by atoms with E-state index in [9.17, 15) is 22.8 Å². The normalized spacial score (nSPS) is 12.8. The lowest BCUT2D eigenvalue weighted by atomic mass is 10.1. The van der Waals surface area contributed by atoms with Crippen LogP contribution in [0.2, 0.25) is 0 Å². The highest BCUT2D eigenvalue weighted by Crippen LogP contribution is 2.23. The molecule has 1 rings (SSSR count). The maximum absolute atomic E-state index is 12.2. The fourth-order valence-corrected chi connectivity index (χ4v) is 1.93. The molecule has 0 saturated carbocycles. The predicted octanol–water partition coefficient (Wildman–Crippen LogP) is 2.89. The van der Waals surface area contributed by atoms with Gasteiger partial charge < -0.3 is 10.4 Å². The highest BCUT2D eigenvalue weighted by molar-refractivity contribution is 9.10. The molecule has 0 radical (unpaired) electrons. The summed E-state index contributed by atoms with van der Waals surface area (Å²) < 4.78 is 37.1. The minimum Gasteiger partial charge on any atom is -0.480 e. The van der Waals surface area contributed by atoms with E-state index in [1.54, 1.807) is 19.1 Å². The van der Waals surface area contributed by atoms with Crippen molar-refractivity contribution in [2.24, 2.45) is 0 Å². The van der Waals surface area contributed by atoms with E-state index >= 15 is 0 Å². The molecule has 4 nitrogen and oxygen atoms in total. The van der Waals surface area contributed by atoms with Crippen LogP contribution in [0.15, 0.2) is 22.7 Å². The first kappa shape index (κ1) is 16.5. The fraction of sp³-hybridized carbons (Fsp3) is 0.333. The van der Waals surface area contributed by atoms with Gasteiger partial charge in [-0.1, -0.05) is 12.1 Å². The SMILES string of the molecule is Cc1cccc(C(=O)NC(CC(F)(F)F)C(=O)O)c1Br. The molecule has 8 heteroatoms. The van der Waals surface area contributed by atoms with Crippen molar-refractivity contribution in [2.75, 3.05) is 0 Å². The minimum absolute atomic E-state index is 0.0819. The Labute approximate surface area is 121 Å². The number of carbonyl (C=O) groups is 2. The summed E-state index contributed by atoms with van der Waals surface area (Å²) in [5.74, 6) is -2.61. The second-order valence-corrected chi connectivity index (χ2v) is 4.91. The van der Waals surface area contributed by atoms with E-state index in [2.05, 4.69) is 15.9 Å². The standard InChI is InChI=1S/C12H11BrF3NO3/c1-6-3-2-4-7(9(6)13)10(18)17-8(11(19)20)5-12(14,15)16/h2-4,8H,5H2,1H3,(H,17,18)(H,19,20). The van der Waals surface area contributed by atoms with Gasteiger partial charge in [0.2, 0.25) is 0 Å². The largest absolute Gasteiger partial charge is 0.480 e. The molecule has 0 heterocycles. The maximum atomic E-state index is 12.2. The molecule has 2 N–H and O–H groups in total. The zero-order chi connectivity index (χ0) is 15.5. The summed E-state index contributed by atoms with van der Waals surface area (Å²) in [6.45, 7) is 1.70. The van der Waals surface area contributed by atoms with E-state index in [1.807, 2.05) is 5.32 Å². The first-order valence-electron chi connectivity index (χ1n) is 5.47. The third-order valence-corrected chi connectivity index (χ3v) is 3.53. The molecular formula is C12H11BrF3NO3. The van der Waals surface area contributed by atoms with Crippen molar-refractivity contribution in [3.8, 4) is 0 Å². The van der Waals surface area contributed by atoms with E-state index in [0.29, 0.717) is 10.0 Å². The molecule has 0 saturated heterocycles. The number of carboxylic acids is 1. The molecule has 110 valence electrons. The molecule has 0 aromatic heterocycles. The van der Waals surface area contributed by atoms with Crippen molar-refractivity contribution >= 4 is 27.8 Å². The summed E-state index contributed by atoms with van der Waals surface area (Å²) in [4.78, 5) is 22.6. The van der Waals surface area contributed by atoms with Gasteiger partial charge in [0.15, 0.2) is 0 Å². The number of carboxylic acid groups (broad SMARTS) is 1. The van der Waals surface area contributed by atoms with Crippen LogP contribution >= 0.6 is 15.9 Å². The van der Waals surface area contributed by atoms with Gasteiger partial charge in [-0.2, -0.15) is 13.2 Å². The van der Waals surface area contributed by atoms with Gasteiger partial charge in [0, 0.05) is 4.47 Å². The Bertz CT molecular complexity index is 531. The van der Waals surface area contributed by atoms with E-state index in [0.717, 1.165) is 0 Å². The summed E-state index contributed by atoms with van der Waals surface area (Å²) in [5.41, 5.74) is 0.791. The van der Waals surface area contributed by atoms with Crippen LogP contribution in [0.5, 0.6) is 0 Å². The van der Waals surface area contributed by atoms with Crippen molar-refractivity contribution in [1.29, 1.82) is 0 Å². The molecule has 1 atom stereocenters. The molecule has 1 unspecified atom stereocenters. The molecule has 1 aromatic rings. The number of hydrogen-bond acceptors (Lipinski definition) is 2. The second kappa shape index (κ2) is 6.25. The Morgan fingerprint density at radius 1 is 1.40 bits per heavy atom. The minimum atomic E-state index is -4.68. The van der Waals surface area contributed by atoms with Gasteiger partial charge in [-0.05, 0) is 34.5 Å². The van der Waals surface area contributed by atoms with Gasteiger partial charge in [-0.3, -0.25) is 4.79 Å². The van der Waals surface area contributed by atoms with Crippen LogP contribution < -0.4 is 5.32 Å². The molecule has 0 aliphatic carbocycles. The van der Waals surface area contributed by atoms with Crippen LogP contribution in [0.1, 0.15) is 22.3 Å². The number of benzene rings is 1. The number of rotatable bonds is 4. The summed E-state index contributed by atoms with van der Waals surface area (Å²) in [5, 5.41) is 10.6. The number of halogens is 4. The van der Waals surface area contributed by atoms with Crippen LogP contribution in [0, 0.1) is 6.92 Å². The van der Waals surface area contributed by atoms with Gasteiger partial charge in [0.05, 0.1) is 12.0 Å². The molecule has 20 heavy (non-hydrogen) atoms. The van der Waals surface area contributed by atoms with Crippen molar-refractivity contribution in [3.05, 3.63) is 33.8 Å². The maximum Gasteiger partial charge on any atom is 0.391 e. The van der Waals surface area contributed by atoms with Gasteiger partial charge in [0.25, 0.3) is 5.91 Å². The molecule has 0 spiro atoms. The summed E-state index contributed by atoms with van der Waals surface area (Å²) in [6.07, 6.45) is -6.31. The monoisotopic (exact) mass is 353 g/mol. The van der Waals surface area contributed by atoms with E-state index < -0.39 is 30.5 Å². The molecule has 0 fully saturated rings. The van der Waals surface area contributed by atoms with Crippen LogP contribution in [-0.2, 0) is 4.79 Å². The van der Waals surface area contributed by atoms with Gasteiger partial charge in [-0.15, -0.1) is 0 Å². The number of hydrogen-bond donors (Lipinski definition) is 2. The fourth-order valence-electron chi connectivity index (χ4n) is 1.49. The van der Waals surface area contributed by atoms with Gasteiger partial charge >= 0.3 is 12.1 Å². The predicted molar refractivity (Wildman–Crippen MR) is 68.4 cm³/mol. The number of aryl methyl sites for hydroxylation is 1. The number of aliphatic carboxylic acids is 1. The van der Waals surface area contributed by atoms with Crippen LogP contribution in [-0.4, -0.2) is 29.2 Å². The third-order valence-electron chi connectivity index (χ3n) is 2.48. The number of amides is 1. The first-order chi connectivity index (χ1) is 9.11. The lowest BCUT2D eigenvalue weighted by molar-refractivity contribution is -0.157. The smallest absolute Gasteiger partial charge is 0.391 e. The molecule has 1 aromatic carbocycles. The second-order valence-electron chi connectivity index (χ2n) is 4.12. The molecule has 0 bridgehead atoms. The van der Waals surface area contributed by atoms with Crippen LogP contribution in [0.4, 0.5) is 13.2 Å². The van der Waals surface area contributed by atoms with Gasteiger partial charge in [0.1, 0.15) is 6.04 Å². The molecule has 1 amide bonds. The topological polar surface area (TPSA) is 66.4 Å². The highest BCUT2D eigenvalue weighted by atomic mass is 79.9. The van der Waals surface area contributed by atoms with Crippen molar-refractivity contribution in [2.45, 2.75) is 25.6 Å². The zero-order valence-corrected chi connectivity index (χ0v) is 11.9. The summed E-state index contributed by atoms with van der Waals surface area (Å²) >= 11 is 3.14. The van der Waals surface area contributed by atoms with E-state index in [-0.39, 0.29) is 5.56 Å². The van der Waals surface area contributed by atoms with Crippen LogP contribution in [0.3, 0.4) is 0 Å². The highest BCUT2D eigenvalue weighted by Gasteiger charge is 2.36. The Hall–Kier alpha value is -1.57. The molecule has 0 aliphatic heterocycles. The molecule has 0 aliphatic rings. The Kier molecular flexibility index (Phi) is 5.15. The Balaban J connectivity index is 2.92.